The van der Waals surface area contributed by atoms with E-state index in [2.05, 4.69) is 48.3 Å². The Bertz CT molecular complexity index is 555. The second-order valence-electron chi connectivity index (χ2n) is 7.27. The van der Waals surface area contributed by atoms with Gasteiger partial charge in [0.25, 0.3) is 0 Å². The number of ether oxygens (including phenoxy) is 1. The number of amides is 1. The summed E-state index contributed by atoms with van der Waals surface area (Å²) in [5, 5.41) is 3.55. The molecule has 0 aliphatic carbocycles. The van der Waals surface area contributed by atoms with E-state index < -0.39 is 0 Å². The van der Waals surface area contributed by atoms with E-state index >= 15 is 0 Å². The van der Waals surface area contributed by atoms with E-state index in [1.165, 1.54) is 11.1 Å². The third kappa shape index (κ3) is 5.03. The third-order valence-electron chi connectivity index (χ3n) is 5.35. The Morgan fingerprint density at radius 2 is 1.88 bits per heavy atom. The van der Waals surface area contributed by atoms with Gasteiger partial charge in [-0.3, -0.25) is 15.0 Å². The Balaban J connectivity index is 1.51. The molecular formula is C20H31N3O2. The molecule has 3 rings (SSSR count). The van der Waals surface area contributed by atoms with Crippen LogP contribution in [0, 0.1) is 6.92 Å². The number of piperidine rings is 1. The van der Waals surface area contributed by atoms with Crippen molar-refractivity contribution in [1.29, 1.82) is 0 Å². The highest BCUT2D eigenvalue weighted by Crippen LogP contribution is 2.18. The molecule has 2 heterocycles. The maximum atomic E-state index is 12.8. The van der Waals surface area contributed by atoms with Crippen LogP contribution in [0.15, 0.2) is 24.3 Å². The first-order valence-electron chi connectivity index (χ1n) is 9.55. The largest absolute Gasteiger partial charge is 0.379 e. The summed E-state index contributed by atoms with van der Waals surface area (Å²) in [5.41, 5.74) is 2.50. The molecule has 25 heavy (non-hydrogen) atoms. The van der Waals surface area contributed by atoms with Crippen molar-refractivity contribution in [2.45, 2.75) is 38.8 Å². The van der Waals surface area contributed by atoms with Gasteiger partial charge in [0.1, 0.15) is 0 Å². The van der Waals surface area contributed by atoms with Gasteiger partial charge < -0.3 is 9.64 Å². The predicted molar refractivity (Wildman–Crippen MR) is 99.6 cm³/mol. The summed E-state index contributed by atoms with van der Waals surface area (Å²) in [7, 11) is 0. The monoisotopic (exact) mass is 345 g/mol. The van der Waals surface area contributed by atoms with Crippen molar-refractivity contribution in [3.8, 4) is 0 Å². The molecule has 2 fully saturated rings. The molecule has 2 aliphatic rings. The number of nitrogens with one attached hydrogen (secondary N) is 1. The molecule has 2 saturated heterocycles. The van der Waals surface area contributed by atoms with Gasteiger partial charge in [-0.05, 0) is 32.3 Å². The first kappa shape index (κ1) is 18.4. The van der Waals surface area contributed by atoms with Crippen LogP contribution >= 0.6 is 0 Å². The Morgan fingerprint density at radius 1 is 1.16 bits per heavy atom. The lowest BCUT2D eigenvalue weighted by Gasteiger charge is -2.36. The van der Waals surface area contributed by atoms with Crippen LogP contribution in [0.25, 0.3) is 0 Å². The van der Waals surface area contributed by atoms with Gasteiger partial charge in [-0.15, -0.1) is 0 Å². The molecule has 1 aromatic rings. The predicted octanol–water partition coefficient (Wildman–Crippen LogP) is 1.97. The highest BCUT2D eigenvalue weighted by Gasteiger charge is 2.29. The number of hydrogen-bond donors (Lipinski definition) is 1. The fraction of sp³-hybridized carbons (Fsp3) is 0.650. The topological polar surface area (TPSA) is 44.8 Å². The van der Waals surface area contributed by atoms with Crippen molar-refractivity contribution in [1.82, 2.24) is 15.1 Å². The minimum Gasteiger partial charge on any atom is -0.379 e. The maximum absolute atomic E-state index is 12.8. The number of likely N-dealkylation sites (tertiary alicyclic amines) is 1. The highest BCUT2D eigenvalue weighted by atomic mass is 16.5. The average Bonchev–Trinajstić information content (AvgIpc) is 2.64. The number of carbonyl (C=O) groups excluding carboxylic acids is 1. The second-order valence-corrected chi connectivity index (χ2v) is 7.27. The van der Waals surface area contributed by atoms with Crippen LogP contribution < -0.4 is 5.32 Å². The highest BCUT2D eigenvalue weighted by molar-refractivity contribution is 5.82. The first-order valence-corrected chi connectivity index (χ1v) is 9.55. The van der Waals surface area contributed by atoms with E-state index in [9.17, 15) is 4.79 Å². The van der Waals surface area contributed by atoms with Gasteiger partial charge in [0, 0.05) is 38.8 Å². The van der Waals surface area contributed by atoms with Crippen LogP contribution in [0.2, 0.25) is 0 Å². The molecule has 1 aromatic carbocycles. The van der Waals surface area contributed by atoms with E-state index in [4.69, 9.17) is 4.74 Å². The molecule has 5 heteroatoms. The SMILES string of the molecule is Cc1ccc([C@@H](C)N[C@@H]2CCCN(CCN3CCOCC3)C2=O)cc1. The Labute approximate surface area is 151 Å². The Morgan fingerprint density at radius 3 is 2.60 bits per heavy atom. The lowest BCUT2D eigenvalue weighted by Crippen LogP contribution is -2.53. The van der Waals surface area contributed by atoms with E-state index in [0.29, 0.717) is 0 Å². The summed E-state index contributed by atoms with van der Waals surface area (Å²) in [6, 6.07) is 8.69. The standard InChI is InChI=1S/C20H31N3O2/c1-16-5-7-18(8-6-16)17(2)21-19-4-3-9-23(20(19)24)11-10-22-12-14-25-15-13-22/h5-8,17,19,21H,3-4,9-15H2,1-2H3/t17-,19-/m1/s1. The molecule has 138 valence electrons. The molecule has 0 saturated carbocycles. The molecule has 1 N–H and O–H groups in total. The molecule has 0 aromatic heterocycles. The fourth-order valence-corrected chi connectivity index (χ4v) is 3.66. The summed E-state index contributed by atoms with van der Waals surface area (Å²) >= 11 is 0. The number of carbonyl (C=O) groups is 1. The molecule has 2 aliphatic heterocycles. The second kappa shape index (κ2) is 8.79. The van der Waals surface area contributed by atoms with Crippen LogP contribution in [-0.2, 0) is 9.53 Å². The van der Waals surface area contributed by atoms with Crippen LogP contribution in [0.4, 0.5) is 0 Å². The van der Waals surface area contributed by atoms with Crippen molar-refractivity contribution in [3.63, 3.8) is 0 Å². The quantitative estimate of drug-likeness (QED) is 0.856. The third-order valence-corrected chi connectivity index (χ3v) is 5.35. The molecular weight excluding hydrogens is 314 g/mol. The maximum Gasteiger partial charge on any atom is 0.239 e. The molecule has 1 amide bonds. The lowest BCUT2D eigenvalue weighted by atomic mass is 10.0. The van der Waals surface area contributed by atoms with Gasteiger partial charge in [-0.25, -0.2) is 0 Å². The van der Waals surface area contributed by atoms with Crippen LogP contribution in [0.5, 0.6) is 0 Å². The van der Waals surface area contributed by atoms with Gasteiger partial charge in [-0.1, -0.05) is 29.8 Å². The number of benzene rings is 1. The summed E-state index contributed by atoms with van der Waals surface area (Å²) < 4.78 is 5.39. The minimum absolute atomic E-state index is 0.0604. The van der Waals surface area contributed by atoms with Crippen molar-refractivity contribution in [2.24, 2.45) is 0 Å². The minimum atomic E-state index is -0.0604. The van der Waals surface area contributed by atoms with Crippen LogP contribution in [-0.4, -0.2) is 67.7 Å². The normalized spacial score (nSPS) is 23.7. The molecule has 0 unspecified atom stereocenters. The van der Waals surface area contributed by atoms with Crippen molar-refractivity contribution in [3.05, 3.63) is 35.4 Å². The number of aryl methyl sites for hydroxylation is 1. The van der Waals surface area contributed by atoms with E-state index in [1.807, 2.05) is 4.90 Å². The summed E-state index contributed by atoms with van der Waals surface area (Å²) in [6.07, 6.45) is 2.01. The summed E-state index contributed by atoms with van der Waals surface area (Å²) in [6.45, 7) is 10.5. The fourth-order valence-electron chi connectivity index (χ4n) is 3.66. The molecule has 0 bridgehead atoms. The number of hydrogen-bond acceptors (Lipinski definition) is 4. The van der Waals surface area contributed by atoms with Gasteiger partial charge in [-0.2, -0.15) is 0 Å². The van der Waals surface area contributed by atoms with Gasteiger partial charge >= 0.3 is 0 Å². The van der Waals surface area contributed by atoms with E-state index in [0.717, 1.165) is 58.8 Å². The van der Waals surface area contributed by atoms with Crippen molar-refractivity contribution < 1.29 is 9.53 Å². The van der Waals surface area contributed by atoms with Crippen molar-refractivity contribution >= 4 is 5.91 Å². The van der Waals surface area contributed by atoms with E-state index in [-0.39, 0.29) is 18.0 Å². The zero-order chi connectivity index (χ0) is 17.6. The average molecular weight is 345 g/mol. The van der Waals surface area contributed by atoms with Gasteiger partial charge in [0.05, 0.1) is 19.3 Å². The Kier molecular flexibility index (Phi) is 6.45. The molecule has 2 atom stereocenters. The first-order chi connectivity index (χ1) is 12.1. The van der Waals surface area contributed by atoms with Crippen LogP contribution in [0.1, 0.15) is 36.9 Å². The number of rotatable bonds is 6. The molecule has 5 nitrogen and oxygen atoms in total. The van der Waals surface area contributed by atoms with Gasteiger partial charge in [0.15, 0.2) is 0 Å². The van der Waals surface area contributed by atoms with E-state index in [1.54, 1.807) is 0 Å². The molecule has 0 spiro atoms. The summed E-state index contributed by atoms with van der Waals surface area (Å²) in [4.78, 5) is 17.3. The van der Waals surface area contributed by atoms with Crippen molar-refractivity contribution in [2.75, 3.05) is 45.9 Å². The zero-order valence-corrected chi connectivity index (χ0v) is 15.5. The lowest BCUT2D eigenvalue weighted by molar-refractivity contribution is -0.136. The number of nitrogens with zero attached hydrogens (tertiary/aromatic N) is 2. The smallest absolute Gasteiger partial charge is 0.239 e. The molecule has 0 radical (unpaired) electrons. The van der Waals surface area contributed by atoms with Gasteiger partial charge in [0.2, 0.25) is 5.91 Å². The zero-order valence-electron chi connectivity index (χ0n) is 15.5. The summed E-state index contributed by atoms with van der Waals surface area (Å²) in [5.74, 6) is 0.262. The number of morpholine rings is 1. The Hall–Kier alpha value is -1.43. The van der Waals surface area contributed by atoms with Crippen LogP contribution in [0.3, 0.4) is 0 Å².